The van der Waals surface area contributed by atoms with Crippen LogP contribution in [0.4, 0.5) is 0 Å². The third-order valence-electron chi connectivity index (χ3n) is 6.57. The molecule has 2 atom stereocenters. The van der Waals surface area contributed by atoms with E-state index in [1.807, 2.05) is 60.8 Å². The monoisotopic (exact) mass is 465 g/mol. The van der Waals surface area contributed by atoms with Gasteiger partial charge in [-0.3, -0.25) is 9.59 Å². The van der Waals surface area contributed by atoms with E-state index in [-0.39, 0.29) is 25.6 Å². The molecule has 0 unspecified atom stereocenters. The fourth-order valence-corrected chi connectivity index (χ4v) is 4.61. The zero-order chi connectivity index (χ0) is 24.1. The van der Waals surface area contributed by atoms with E-state index in [4.69, 9.17) is 0 Å². The number of carbonyl (C=O) groups excluding carboxylic acids is 2. The molecule has 0 radical (unpaired) electrons. The Hall–Kier alpha value is -3.65. The number of carboxylic acids is 1. The van der Waals surface area contributed by atoms with Crippen LogP contribution >= 0.6 is 0 Å². The van der Waals surface area contributed by atoms with Crippen LogP contribution < -0.4 is 11.1 Å². The van der Waals surface area contributed by atoms with Gasteiger partial charge in [0.05, 0.1) is 0 Å². The number of nitrogens with zero attached hydrogens (tertiary/aromatic N) is 1. The molecule has 2 aromatic carbocycles. The van der Waals surface area contributed by atoms with Crippen molar-refractivity contribution >= 4 is 28.7 Å². The molecular formula is C26H33N4O4+. The molecule has 8 nitrogen and oxygen atoms in total. The Balaban J connectivity index is 0.00000342. The second kappa shape index (κ2) is 10.5. The van der Waals surface area contributed by atoms with Gasteiger partial charge in [-0.2, -0.15) is 0 Å². The number of aromatic amines is 1. The zero-order valence-corrected chi connectivity index (χ0v) is 19.1. The predicted molar refractivity (Wildman–Crippen MR) is 130 cm³/mol. The number of benzene rings is 2. The van der Waals surface area contributed by atoms with Gasteiger partial charge in [0.1, 0.15) is 6.04 Å². The van der Waals surface area contributed by atoms with Gasteiger partial charge >= 0.3 is 5.97 Å². The minimum atomic E-state index is -1.05. The summed E-state index contributed by atoms with van der Waals surface area (Å²) >= 11 is 0. The molecule has 1 fully saturated rings. The number of amides is 2. The Labute approximate surface area is 199 Å². The van der Waals surface area contributed by atoms with E-state index in [0.717, 1.165) is 22.0 Å². The smallest absolute Gasteiger partial charge is 0.326 e. The van der Waals surface area contributed by atoms with Crippen molar-refractivity contribution in [1.29, 1.82) is 0 Å². The Bertz CT molecular complexity index is 1160. The molecule has 1 saturated heterocycles. The lowest BCUT2D eigenvalue weighted by atomic mass is 9.94. The molecule has 1 aliphatic heterocycles. The summed E-state index contributed by atoms with van der Waals surface area (Å²) in [4.78, 5) is 42.4. The van der Waals surface area contributed by atoms with Crippen LogP contribution in [0.1, 0.15) is 25.4 Å². The number of hydrogen-bond acceptors (Lipinski definition) is 3. The first-order chi connectivity index (χ1) is 16.4. The van der Waals surface area contributed by atoms with E-state index in [1.54, 1.807) is 4.90 Å². The van der Waals surface area contributed by atoms with Gasteiger partial charge in [-0.05, 0) is 30.0 Å². The van der Waals surface area contributed by atoms with E-state index >= 15 is 0 Å². The maximum atomic E-state index is 13.0. The summed E-state index contributed by atoms with van der Waals surface area (Å²) in [5.74, 6) is -1.64. The molecule has 0 spiro atoms. The van der Waals surface area contributed by atoms with Crippen LogP contribution in [0.25, 0.3) is 10.9 Å². The molecule has 3 aromatic rings. The number of carboxylic acid groups (broad SMARTS) is 1. The number of piperidine rings is 1. The zero-order valence-electron chi connectivity index (χ0n) is 19.1. The molecule has 2 amide bonds. The number of rotatable bonds is 8. The number of quaternary nitrogens is 1. The lowest BCUT2D eigenvalue weighted by Crippen LogP contribution is -2.69. The highest BCUT2D eigenvalue weighted by molar-refractivity contribution is 5.87. The van der Waals surface area contributed by atoms with Gasteiger partial charge in [-0.15, -0.1) is 0 Å². The van der Waals surface area contributed by atoms with Gasteiger partial charge in [0, 0.05) is 50.4 Å². The molecule has 2 heterocycles. The van der Waals surface area contributed by atoms with Gasteiger partial charge in [0.2, 0.25) is 5.91 Å². The van der Waals surface area contributed by atoms with Gasteiger partial charge in [-0.25, -0.2) is 4.79 Å². The van der Waals surface area contributed by atoms with E-state index in [9.17, 15) is 19.5 Å². The average molecular weight is 466 g/mol. The number of fused-ring (bicyclic) bond motifs is 1. The minimum Gasteiger partial charge on any atom is -0.480 e. The highest BCUT2D eigenvalue weighted by Crippen LogP contribution is 2.21. The molecule has 4 rings (SSSR count). The normalized spacial score (nSPS) is 16.2. The van der Waals surface area contributed by atoms with E-state index in [0.29, 0.717) is 32.4 Å². The van der Waals surface area contributed by atoms with Crippen molar-refractivity contribution < 1.29 is 26.7 Å². The van der Waals surface area contributed by atoms with Gasteiger partial charge in [-0.1, -0.05) is 48.5 Å². The van der Waals surface area contributed by atoms with Crippen molar-refractivity contribution in [3.8, 4) is 0 Å². The van der Waals surface area contributed by atoms with Crippen molar-refractivity contribution in [2.45, 2.75) is 37.8 Å². The maximum Gasteiger partial charge on any atom is 0.326 e. The summed E-state index contributed by atoms with van der Waals surface area (Å²) in [6, 6.07) is 15.8. The topological polar surface area (TPSA) is 130 Å². The third-order valence-corrected chi connectivity index (χ3v) is 6.57. The van der Waals surface area contributed by atoms with Crippen LogP contribution in [0.15, 0.2) is 60.8 Å². The van der Waals surface area contributed by atoms with E-state index in [1.165, 1.54) is 0 Å². The first kappa shape index (κ1) is 23.5. The summed E-state index contributed by atoms with van der Waals surface area (Å²) in [6.45, 7) is 0.931. The molecule has 180 valence electrons. The largest absolute Gasteiger partial charge is 0.480 e. The lowest BCUT2D eigenvalue weighted by Gasteiger charge is -2.32. The van der Waals surface area contributed by atoms with Crippen LogP contribution in [-0.4, -0.2) is 57.9 Å². The first-order valence-corrected chi connectivity index (χ1v) is 11.7. The van der Waals surface area contributed by atoms with Crippen molar-refractivity contribution in [3.05, 3.63) is 71.9 Å². The quantitative estimate of drug-likeness (QED) is 0.403. The Morgan fingerprint density at radius 1 is 1.06 bits per heavy atom. The standard InChI is InChI=1S/C26H30N4O4.H2/c27-21(15-19-16-28-22-9-5-4-8-20(19)22)25(32)30-12-10-18(11-13-30)24(31)29-23(26(33)34)14-17-6-2-1-3-7-17;/h1-9,16,18,21,23,28H,10-15,27H2,(H,29,31)(H,33,34);1H/p+1/t21-,23+;/m0./s1. The van der Waals surface area contributed by atoms with Crippen molar-refractivity contribution in [1.82, 2.24) is 15.2 Å². The van der Waals surface area contributed by atoms with Crippen LogP contribution in [0.5, 0.6) is 0 Å². The second-order valence-corrected chi connectivity index (χ2v) is 8.95. The molecule has 0 aliphatic carbocycles. The average Bonchev–Trinajstić information content (AvgIpc) is 3.26. The highest BCUT2D eigenvalue weighted by atomic mass is 16.4. The summed E-state index contributed by atoms with van der Waals surface area (Å²) in [6.07, 6.45) is 3.73. The van der Waals surface area contributed by atoms with Crippen LogP contribution in [0.2, 0.25) is 0 Å². The number of carbonyl (C=O) groups is 3. The predicted octanol–water partition coefficient (Wildman–Crippen LogP) is 1.62. The molecule has 0 saturated carbocycles. The van der Waals surface area contributed by atoms with Gasteiger partial charge in [0.15, 0.2) is 6.04 Å². The number of likely N-dealkylation sites (tertiary alicyclic amines) is 1. The van der Waals surface area contributed by atoms with Crippen LogP contribution in [-0.2, 0) is 27.2 Å². The molecule has 1 aromatic heterocycles. The number of aromatic nitrogens is 1. The molecule has 0 bridgehead atoms. The van der Waals surface area contributed by atoms with E-state index in [2.05, 4.69) is 16.0 Å². The number of hydrogen-bond donors (Lipinski definition) is 4. The third kappa shape index (κ3) is 5.46. The molecular weight excluding hydrogens is 432 g/mol. The first-order valence-electron chi connectivity index (χ1n) is 11.7. The number of nitrogens with one attached hydrogen (secondary N) is 2. The Kier molecular flexibility index (Phi) is 7.27. The van der Waals surface area contributed by atoms with Crippen LogP contribution in [0.3, 0.4) is 0 Å². The Morgan fingerprint density at radius 3 is 2.44 bits per heavy atom. The van der Waals surface area contributed by atoms with Crippen molar-refractivity contribution in [2.75, 3.05) is 13.1 Å². The maximum absolute atomic E-state index is 13.0. The number of aliphatic carboxylic acids is 1. The fourth-order valence-electron chi connectivity index (χ4n) is 4.61. The molecule has 8 heteroatoms. The van der Waals surface area contributed by atoms with Gasteiger partial charge in [0.25, 0.3) is 5.91 Å². The highest BCUT2D eigenvalue weighted by Gasteiger charge is 2.33. The van der Waals surface area contributed by atoms with Crippen LogP contribution in [0, 0.1) is 5.92 Å². The SMILES string of the molecule is [HH].[NH3+][C@@H](Cc1c[nH]c2ccccc12)C(=O)N1CCC(C(=O)N[C@H](Cc2ccccc2)C(=O)O)CC1. The summed E-state index contributed by atoms with van der Waals surface area (Å²) in [7, 11) is 0. The molecule has 1 aliphatic rings. The molecule has 6 N–H and O–H groups in total. The second-order valence-electron chi connectivity index (χ2n) is 8.95. The summed E-state index contributed by atoms with van der Waals surface area (Å²) in [5.41, 5.74) is 7.06. The minimum absolute atomic E-state index is 0. The fraction of sp³-hybridized carbons (Fsp3) is 0.346. The number of para-hydroxylation sites is 1. The molecule has 34 heavy (non-hydrogen) atoms. The van der Waals surface area contributed by atoms with E-state index < -0.39 is 18.1 Å². The Morgan fingerprint density at radius 2 is 1.74 bits per heavy atom. The van der Waals surface area contributed by atoms with Crippen molar-refractivity contribution in [3.63, 3.8) is 0 Å². The van der Waals surface area contributed by atoms with Gasteiger partial charge < -0.3 is 26.0 Å². The summed E-state index contributed by atoms with van der Waals surface area (Å²) in [5, 5.41) is 13.3. The van der Waals surface area contributed by atoms with Crippen molar-refractivity contribution in [2.24, 2.45) is 5.92 Å². The lowest BCUT2D eigenvalue weighted by molar-refractivity contribution is -0.405. The number of H-pyrrole nitrogens is 1. The summed E-state index contributed by atoms with van der Waals surface area (Å²) < 4.78 is 0.